The number of methoxy groups -OCH3 is 1. The number of H-pyrrole nitrogens is 2. The van der Waals surface area contributed by atoms with E-state index in [1.165, 1.54) is 45.6 Å². The molecule has 4 saturated carbocycles. The second-order valence-electron chi connectivity index (χ2n) is 11.4. The van der Waals surface area contributed by atoms with Gasteiger partial charge >= 0.3 is 5.97 Å². The Kier molecular flexibility index (Phi) is 8.45. The Hall–Kier alpha value is -2.55. The molecule has 8 nitrogen and oxygen atoms in total. The van der Waals surface area contributed by atoms with Gasteiger partial charge in [-0.1, -0.05) is 18.2 Å². The summed E-state index contributed by atoms with van der Waals surface area (Å²) < 4.78 is 5.00. The third kappa shape index (κ3) is 5.31. The van der Waals surface area contributed by atoms with Crippen molar-refractivity contribution in [2.75, 3.05) is 7.11 Å². The summed E-state index contributed by atoms with van der Waals surface area (Å²) in [6.07, 6.45) is 12.1. The third-order valence-corrected chi connectivity index (χ3v) is 8.85. The summed E-state index contributed by atoms with van der Waals surface area (Å²) in [7, 11) is 1.33. The first-order valence-corrected chi connectivity index (χ1v) is 13.2. The Morgan fingerprint density at radius 2 is 1.76 bits per heavy atom. The molecular formula is C28H37Cl2N5O3. The monoisotopic (exact) mass is 561 g/mol. The van der Waals surface area contributed by atoms with Crippen molar-refractivity contribution in [1.29, 1.82) is 0 Å². The average molecular weight is 563 g/mol. The van der Waals surface area contributed by atoms with Gasteiger partial charge in [0.25, 0.3) is 0 Å². The number of nitrogens with one attached hydrogen (secondary N) is 3. The van der Waals surface area contributed by atoms with Gasteiger partial charge in [-0.2, -0.15) is 0 Å². The van der Waals surface area contributed by atoms with E-state index in [-0.39, 0.29) is 42.6 Å². The van der Waals surface area contributed by atoms with E-state index in [0.717, 1.165) is 45.7 Å². The summed E-state index contributed by atoms with van der Waals surface area (Å²) in [5.74, 6) is 2.66. The molecule has 2 aromatic heterocycles. The number of carbonyl (C=O) groups excluding carboxylic acids is 2. The Labute approximate surface area is 235 Å². The molecule has 7 rings (SSSR count). The predicted molar refractivity (Wildman–Crippen MR) is 151 cm³/mol. The van der Waals surface area contributed by atoms with Gasteiger partial charge in [0.15, 0.2) is 0 Å². The molecule has 4 fully saturated rings. The molecule has 38 heavy (non-hydrogen) atoms. The lowest BCUT2D eigenvalue weighted by atomic mass is 9.49. The van der Waals surface area contributed by atoms with E-state index in [2.05, 4.69) is 15.3 Å². The molecule has 0 unspecified atom stereocenters. The number of hydrogen-bond acceptors (Lipinski definition) is 5. The predicted octanol–water partition coefficient (Wildman–Crippen LogP) is 3.97. The third-order valence-electron chi connectivity index (χ3n) is 8.85. The summed E-state index contributed by atoms with van der Waals surface area (Å²) >= 11 is 0. The Morgan fingerprint density at radius 1 is 1.11 bits per heavy atom. The first-order valence-electron chi connectivity index (χ1n) is 13.2. The van der Waals surface area contributed by atoms with Gasteiger partial charge in [-0.3, -0.25) is 4.79 Å². The number of esters is 1. The minimum Gasteiger partial charge on any atom is -0.467 e. The van der Waals surface area contributed by atoms with Crippen LogP contribution < -0.4 is 11.1 Å². The molecule has 206 valence electrons. The number of carbonyl (C=O) groups is 2. The highest BCUT2D eigenvalue weighted by Crippen LogP contribution is 2.60. The first kappa shape index (κ1) is 28.5. The van der Waals surface area contributed by atoms with Crippen LogP contribution in [0.5, 0.6) is 0 Å². The highest BCUT2D eigenvalue weighted by atomic mass is 35.5. The van der Waals surface area contributed by atoms with Crippen molar-refractivity contribution in [1.82, 2.24) is 20.3 Å². The van der Waals surface area contributed by atoms with Crippen LogP contribution in [0.3, 0.4) is 0 Å². The van der Waals surface area contributed by atoms with Crippen LogP contribution in [-0.4, -0.2) is 46.0 Å². The number of fused-ring (bicyclic) bond motifs is 1. The Bertz CT molecular complexity index is 1250. The molecule has 4 aliphatic carbocycles. The van der Waals surface area contributed by atoms with Crippen molar-refractivity contribution < 1.29 is 14.3 Å². The Morgan fingerprint density at radius 3 is 2.42 bits per heavy atom. The summed E-state index contributed by atoms with van der Waals surface area (Å²) in [6.45, 7) is 0. The Balaban J connectivity index is 0.00000168. The van der Waals surface area contributed by atoms with E-state index in [1.807, 2.05) is 36.7 Å². The lowest BCUT2D eigenvalue weighted by Gasteiger charge is -2.56. The minimum atomic E-state index is -0.832. The van der Waals surface area contributed by atoms with Crippen molar-refractivity contribution in [2.24, 2.45) is 23.5 Å². The number of aromatic amines is 2. The maximum Gasteiger partial charge on any atom is 0.328 e. The van der Waals surface area contributed by atoms with E-state index in [9.17, 15) is 9.59 Å². The fraction of sp³-hybridized carbons (Fsp3) is 0.536. The number of halogens is 2. The highest BCUT2D eigenvalue weighted by Gasteiger charge is 2.53. The van der Waals surface area contributed by atoms with Crippen LogP contribution in [0.15, 0.2) is 36.7 Å². The summed E-state index contributed by atoms with van der Waals surface area (Å²) in [4.78, 5) is 37.1. The second kappa shape index (κ2) is 11.3. The smallest absolute Gasteiger partial charge is 0.328 e. The number of nitrogens with two attached hydrogens (primary N) is 1. The molecule has 2 atom stereocenters. The SMILES string of the molecule is COC(=O)[C@H](Cc1cnc(C23CC4CC(CC(C4)C2)C3)[nH]1)NC(=O)[C@@H](N)Cc1c[nH]c2ccccc12.Cl.Cl. The molecule has 3 aromatic rings. The van der Waals surface area contributed by atoms with E-state index >= 15 is 0 Å². The van der Waals surface area contributed by atoms with Crippen LogP contribution >= 0.6 is 24.8 Å². The zero-order chi connectivity index (χ0) is 24.9. The van der Waals surface area contributed by atoms with Crippen LogP contribution in [0, 0.1) is 17.8 Å². The number of para-hydroxylation sites is 1. The number of ether oxygens (including phenoxy) is 1. The number of aromatic nitrogens is 3. The summed E-state index contributed by atoms with van der Waals surface area (Å²) in [5, 5.41) is 3.87. The van der Waals surface area contributed by atoms with Gasteiger partial charge in [0.1, 0.15) is 11.9 Å². The van der Waals surface area contributed by atoms with E-state index in [0.29, 0.717) is 6.42 Å². The van der Waals surface area contributed by atoms with Gasteiger partial charge in [0.05, 0.1) is 13.2 Å². The summed E-state index contributed by atoms with van der Waals surface area (Å²) in [6, 6.07) is 6.28. The minimum absolute atomic E-state index is 0. The molecule has 4 bridgehead atoms. The molecule has 0 aliphatic heterocycles. The van der Waals surface area contributed by atoms with Gasteiger partial charge < -0.3 is 25.8 Å². The molecule has 0 radical (unpaired) electrons. The number of rotatable bonds is 8. The van der Waals surface area contributed by atoms with E-state index < -0.39 is 18.1 Å². The largest absolute Gasteiger partial charge is 0.467 e. The van der Waals surface area contributed by atoms with Crippen molar-refractivity contribution in [3.8, 4) is 0 Å². The average Bonchev–Trinajstić information content (AvgIpc) is 3.50. The van der Waals surface area contributed by atoms with Crippen LogP contribution in [0.4, 0.5) is 0 Å². The number of imidazole rings is 1. The molecule has 5 N–H and O–H groups in total. The normalized spacial score (nSPS) is 26.7. The number of amides is 1. The second-order valence-corrected chi connectivity index (χ2v) is 11.4. The molecule has 1 amide bonds. The molecule has 1 aromatic carbocycles. The quantitative estimate of drug-likeness (QED) is 0.309. The number of benzene rings is 1. The van der Waals surface area contributed by atoms with Gasteiger partial charge in [-0.25, -0.2) is 9.78 Å². The molecule has 10 heteroatoms. The van der Waals surface area contributed by atoms with Crippen molar-refractivity contribution in [2.45, 2.75) is 68.9 Å². The van der Waals surface area contributed by atoms with Gasteiger partial charge in [0.2, 0.25) is 5.91 Å². The fourth-order valence-corrected chi connectivity index (χ4v) is 7.60. The van der Waals surface area contributed by atoms with E-state index in [4.69, 9.17) is 15.5 Å². The molecule has 0 spiro atoms. The van der Waals surface area contributed by atoms with Gasteiger partial charge in [-0.15, -0.1) is 24.8 Å². The maximum atomic E-state index is 13.0. The van der Waals surface area contributed by atoms with Gasteiger partial charge in [0, 0.05) is 40.8 Å². The van der Waals surface area contributed by atoms with Gasteiger partial charge in [-0.05, 0) is 74.3 Å². The van der Waals surface area contributed by atoms with Crippen LogP contribution in [0.2, 0.25) is 0 Å². The molecule has 4 aliphatic rings. The maximum absolute atomic E-state index is 13.0. The molecular weight excluding hydrogens is 525 g/mol. The summed E-state index contributed by atoms with van der Waals surface area (Å²) in [5.41, 5.74) is 9.22. The van der Waals surface area contributed by atoms with Crippen molar-refractivity contribution in [3.63, 3.8) is 0 Å². The van der Waals surface area contributed by atoms with E-state index in [1.54, 1.807) is 0 Å². The molecule has 2 heterocycles. The fourth-order valence-electron chi connectivity index (χ4n) is 7.60. The topological polar surface area (TPSA) is 126 Å². The number of hydrogen-bond donors (Lipinski definition) is 4. The van der Waals surface area contributed by atoms with Crippen LogP contribution in [0.1, 0.15) is 55.6 Å². The molecule has 0 saturated heterocycles. The van der Waals surface area contributed by atoms with Crippen molar-refractivity contribution in [3.05, 3.63) is 53.7 Å². The number of nitrogens with zero attached hydrogens (tertiary/aromatic N) is 1. The lowest BCUT2D eigenvalue weighted by Crippen LogP contribution is -2.50. The van der Waals surface area contributed by atoms with Crippen LogP contribution in [0.25, 0.3) is 10.9 Å². The standard InChI is InChI=1S/C28H35N5O3.2ClH/c1-36-26(35)24(33-25(34)22(29)9-19-14-30-23-5-3-2-4-21(19)23)10-20-15-31-27(32-20)28-11-16-6-17(12-28)8-18(7-16)13-28;;/h2-5,14-18,22,24,30H,6-13,29H2,1H3,(H,31,32)(H,33,34);2*1H/t16?,17?,18?,22-,24-,28?;;/m0../s1. The van der Waals surface area contributed by atoms with Crippen molar-refractivity contribution >= 4 is 47.6 Å². The first-order chi connectivity index (χ1) is 17.4. The highest BCUT2D eigenvalue weighted by molar-refractivity contribution is 5.89. The zero-order valence-electron chi connectivity index (χ0n) is 21.6. The zero-order valence-corrected chi connectivity index (χ0v) is 23.2. The lowest BCUT2D eigenvalue weighted by molar-refractivity contribution is -0.145. The van der Waals surface area contributed by atoms with Crippen LogP contribution in [-0.2, 0) is 32.6 Å².